The van der Waals surface area contributed by atoms with E-state index in [0.29, 0.717) is 24.1 Å². The number of carbonyl (C=O) groups is 2. The molecule has 0 unspecified atom stereocenters. The molecule has 0 atom stereocenters. The number of nitriles is 1. The van der Waals surface area contributed by atoms with E-state index < -0.39 is 0 Å². The van der Waals surface area contributed by atoms with Crippen LogP contribution in [-0.4, -0.2) is 11.8 Å². The number of hydrogen-bond acceptors (Lipinski definition) is 3. The number of rotatable bonds is 1. The van der Waals surface area contributed by atoms with Crippen molar-refractivity contribution in [1.29, 1.82) is 5.26 Å². The van der Waals surface area contributed by atoms with E-state index in [1.54, 1.807) is 25.1 Å². The topological polar surface area (TPSA) is 61.2 Å². The predicted molar refractivity (Wildman–Crippen MR) is 66.9 cm³/mol. The van der Waals surface area contributed by atoms with Crippen molar-refractivity contribution >= 4 is 17.5 Å². The molecule has 4 heteroatoms. The molecular formula is C14H14N2O2. The van der Waals surface area contributed by atoms with Crippen LogP contribution in [0.1, 0.15) is 36.8 Å². The van der Waals surface area contributed by atoms with E-state index in [1.807, 2.05) is 0 Å². The van der Waals surface area contributed by atoms with Crippen LogP contribution in [0.4, 0.5) is 5.69 Å². The Morgan fingerprint density at radius 2 is 1.78 bits per heavy atom. The fraction of sp³-hybridized carbons (Fsp3) is 0.357. The number of carbonyl (C=O) groups excluding carboxylic acids is 2. The standard InChI is InChI=1S/C14H14N2O2/c1-10-5-4-6-12(11(10)9-15)16-13(17)7-2-3-8-14(16)18/h4-6H,2-3,7-8H2,1H3. The number of aryl methyl sites for hydroxylation is 1. The van der Waals surface area contributed by atoms with E-state index in [2.05, 4.69) is 6.07 Å². The summed E-state index contributed by atoms with van der Waals surface area (Å²) < 4.78 is 0. The molecule has 1 saturated heterocycles. The number of imide groups is 1. The van der Waals surface area contributed by atoms with Crippen LogP contribution in [0.25, 0.3) is 0 Å². The second-order valence-electron chi connectivity index (χ2n) is 4.41. The Morgan fingerprint density at radius 3 is 2.33 bits per heavy atom. The van der Waals surface area contributed by atoms with Crippen molar-refractivity contribution < 1.29 is 9.59 Å². The van der Waals surface area contributed by atoms with Crippen LogP contribution >= 0.6 is 0 Å². The molecule has 1 heterocycles. The molecule has 1 fully saturated rings. The lowest BCUT2D eigenvalue weighted by atomic mass is 10.1. The number of anilines is 1. The summed E-state index contributed by atoms with van der Waals surface area (Å²) in [5, 5.41) is 9.17. The van der Waals surface area contributed by atoms with Gasteiger partial charge in [0.05, 0.1) is 11.3 Å². The molecule has 0 spiro atoms. The van der Waals surface area contributed by atoms with Gasteiger partial charge in [-0.3, -0.25) is 9.59 Å². The van der Waals surface area contributed by atoms with Gasteiger partial charge in [0.1, 0.15) is 6.07 Å². The predicted octanol–water partition coefficient (Wildman–Crippen LogP) is 2.30. The van der Waals surface area contributed by atoms with Crippen LogP contribution in [0.3, 0.4) is 0 Å². The van der Waals surface area contributed by atoms with Gasteiger partial charge in [-0.15, -0.1) is 0 Å². The van der Waals surface area contributed by atoms with Gasteiger partial charge < -0.3 is 0 Å². The van der Waals surface area contributed by atoms with Gasteiger partial charge in [-0.1, -0.05) is 12.1 Å². The zero-order valence-corrected chi connectivity index (χ0v) is 10.3. The lowest BCUT2D eigenvalue weighted by Crippen LogP contribution is -2.35. The molecule has 0 aliphatic carbocycles. The fourth-order valence-electron chi connectivity index (χ4n) is 2.17. The summed E-state index contributed by atoms with van der Waals surface area (Å²) in [5.41, 5.74) is 1.61. The molecule has 1 aromatic carbocycles. The van der Waals surface area contributed by atoms with Crippen molar-refractivity contribution in [3.05, 3.63) is 29.3 Å². The largest absolute Gasteiger partial charge is 0.274 e. The summed E-state index contributed by atoms with van der Waals surface area (Å²) >= 11 is 0. The molecular weight excluding hydrogens is 228 g/mol. The molecule has 92 valence electrons. The minimum Gasteiger partial charge on any atom is -0.274 e. The first-order valence-corrected chi connectivity index (χ1v) is 6.00. The maximum absolute atomic E-state index is 12.0. The molecule has 0 aromatic heterocycles. The van der Waals surface area contributed by atoms with E-state index in [-0.39, 0.29) is 11.8 Å². The van der Waals surface area contributed by atoms with Crippen LogP contribution in [0.5, 0.6) is 0 Å². The average molecular weight is 242 g/mol. The lowest BCUT2D eigenvalue weighted by Gasteiger charge is -2.20. The zero-order chi connectivity index (χ0) is 13.1. The zero-order valence-electron chi connectivity index (χ0n) is 10.3. The molecule has 2 rings (SSSR count). The van der Waals surface area contributed by atoms with Crippen molar-refractivity contribution in [1.82, 2.24) is 0 Å². The summed E-state index contributed by atoms with van der Waals surface area (Å²) in [6.07, 6.45) is 2.19. The smallest absolute Gasteiger partial charge is 0.233 e. The molecule has 0 N–H and O–H groups in total. The van der Waals surface area contributed by atoms with Crippen LogP contribution in [0.15, 0.2) is 18.2 Å². The van der Waals surface area contributed by atoms with E-state index in [0.717, 1.165) is 18.4 Å². The molecule has 1 aliphatic rings. The second-order valence-corrected chi connectivity index (χ2v) is 4.41. The van der Waals surface area contributed by atoms with Gasteiger partial charge in [-0.25, -0.2) is 4.90 Å². The van der Waals surface area contributed by atoms with Gasteiger partial charge in [0.2, 0.25) is 11.8 Å². The van der Waals surface area contributed by atoms with Gasteiger partial charge >= 0.3 is 0 Å². The number of amides is 2. The SMILES string of the molecule is Cc1cccc(N2C(=O)CCCCC2=O)c1C#N. The first kappa shape index (κ1) is 12.3. The summed E-state index contributed by atoms with van der Waals surface area (Å²) in [4.78, 5) is 25.2. The van der Waals surface area contributed by atoms with E-state index in [9.17, 15) is 14.9 Å². The summed E-state index contributed by atoms with van der Waals surface area (Å²) in [5.74, 6) is -0.417. The quantitative estimate of drug-likeness (QED) is 0.710. The Labute approximate surface area is 106 Å². The third-order valence-electron chi connectivity index (χ3n) is 3.13. The van der Waals surface area contributed by atoms with E-state index >= 15 is 0 Å². The monoisotopic (exact) mass is 242 g/mol. The minimum absolute atomic E-state index is 0.209. The number of benzene rings is 1. The highest BCUT2D eigenvalue weighted by Crippen LogP contribution is 2.26. The highest BCUT2D eigenvalue weighted by atomic mass is 16.2. The van der Waals surface area contributed by atoms with Crippen LogP contribution < -0.4 is 4.90 Å². The Balaban J connectivity index is 2.52. The van der Waals surface area contributed by atoms with E-state index in [4.69, 9.17) is 0 Å². The van der Waals surface area contributed by atoms with Gasteiger partial charge in [0, 0.05) is 12.8 Å². The molecule has 0 radical (unpaired) electrons. The maximum Gasteiger partial charge on any atom is 0.233 e. The second kappa shape index (κ2) is 5.01. The van der Waals surface area contributed by atoms with Crippen molar-refractivity contribution in [2.24, 2.45) is 0 Å². The molecule has 1 aliphatic heterocycles. The first-order chi connectivity index (χ1) is 8.65. The van der Waals surface area contributed by atoms with Crippen molar-refractivity contribution in [2.75, 3.05) is 4.90 Å². The van der Waals surface area contributed by atoms with E-state index in [1.165, 1.54) is 4.90 Å². The molecule has 0 saturated carbocycles. The van der Waals surface area contributed by atoms with Crippen molar-refractivity contribution in [3.8, 4) is 6.07 Å². The molecule has 1 aromatic rings. The molecule has 4 nitrogen and oxygen atoms in total. The van der Waals surface area contributed by atoms with Crippen LogP contribution in [-0.2, 0) is 9.59 Å². The summed E-state index contributed by atoms with van der Waals surface area (Å²) in [6, 6.07) is 7.30. The Hall–Kier alpha value is -2.15. The Kier molecular flexibility index (Phi) is 3.42. The average Bonchev–Trinajstić information content (AvgIpc) is 2.50. The number of nitrogens with zero attached hydrogens (tertiary/aromatic N) is 2. The van der Waals surface area contributed by atoms with Gasteiger partial charge in [0.15, 0.2) is 0 Å². The normalized spacial score (nSPS) is 16.3. The minimum atomic E-state index is -0.209. The van der Waals surface area contributed by atoms with Crippen molar-refractivity contribution in [3.63, 3.8) is 0 Å². The van der Waals surface area contributed by atoms with Crippen LogP contribution in [0.2, 0.25) is 0 Å². The number of hydrogen-bond donors (Lipinski definition) is 0. The lowest BCUT2D eigenvalue weighted by molar-refractivity contribution is -0.125. The molecule has 18 heavy (non-hydrogen) atoms. The third kappa shape index (κ3) is 2.12. The highest BCUT2D eigenvalue weighted by molar-refractivity contribution is 6.16. The van der Waals surface area contributed by atoms with Crippen molar-refractivity contribution in [2.45, 2.75) is 32.6 Å². The van der Waals surface area contributed by atoms with Gasteiger partial charge in [0.25, 0.3) is 0 Å². The summed E-state index contributed by atoms with van der Waals surface area (Å²) in [6.45, 7) is 1.80. The molecule has 2 amide bonds. The van der Waals surface area contributed by atoms with Gasteiger partial charge in [-0.2, -0.15) is 5.26 Å². The first-order valence-electron chi connectivity index (χ1n) is 6.00. The highest BCUT2D eigenvalue weighted by Gasteiger charge is 2.27. The summed E-state index contributed by atoms with van der Waals surface area (Å²) in [7, 11) is 0. The molecule has 0 bridgehead atoms. The Bertz CT molecular complexity index is 525. The van der Waals surface area contributed by atoms with Gasteiger partial charge in [-0.05, 0) is 31.4 Å². The fourth-order valence-corrected chi connectivity index (χ4v) is 2.17. The third-order valence-corrected chi connectivity index (χ3v) is 3.13. The maximum atomic E-state index is 12.0. The van der Waals surface area contributed by atoms with Crippen LogP contribution in [0, 0.1) is 18.3 Å². The Morgan fingerprint density at radius 1 is 1.17 bits per heavy atom.